The first kappa shape index (κ1) is 25.4. The first-order chi connectivity index (χ1) is 17.1. The minimum atomic E-state index is -3.28. The van der Waals surface area contributed by atoms with Gasteiger partial charge < -0.3 is 9.64 Å². The number of aryl methyl sites for hydroxylation is 1. The van der Waals surface area contributed by atoms with Gasteiger partial charge in [0.25, 0.3) is 0 Å². The van der Waals surface area contributed by atoms with Crippen molar-refractivity contribution >= 4 is 21.2 Å². The van der Waals surface area contributed by atoms with Crippen molar-refractivity contribution < 1.29 is 13.2 Å². The van der Waals surface area contributed by atoms with Crippen LogP contribution in [0.4, 0.5) is 0 Å². The molecule has 0 aliphatic carbocycles. The van der Waals surface area contributed by atoms with Crippen LogP contribution in [0.2, 0.25) is 0 Å². The Balaban J connectivity index is 1.23. The predicted molar refractivity (Wildman–Crippen MR) is 147 cm³/mol. The van der Waals surface area contributed by atoms with Crippen LogP contribution in [0.1, 0.15) is 56.2 Å². The molecule has 2 aliphatic rings. The molecule has 1 aromatic heterocycles. The van der Waals surface area contributed by atoms with E-state index in [2.05, 4.69) is 48.9 Å². The van der Waals surface area contributed by atoms with Crippen molar-refractivity contribution in [3.05, 3.63) is 70.9 Å². The lowest BCUT2D eigenvalue weighted by molar-refractivity contribution is -0.0206. The fourth-order valence-electron chi connectivity index (χ4n) is 5.39. The van der Waals surface area contributed by atoms with E-state index in [1.807, 2.05) is 30.3 Å². The van der Waals surface area contributed by atoms with Crippen molar-refractivity contribution in [3.8, 4) is 16.2 Å². The maximum atomic E-state index is 12.7. The second kappa shape index (κ2) is 9.92. The molecule has 1 spiro atoms. The highest BCUT2D eigenvalue weighted by molar-refractivity contribution is 7.90. The van der Waals surface area contributed by atoms with Crippen LogP contribution in [0.3, 0.4) is 0 Å². The Morgan fingerprint density at radius 2 is 1.78 bits per heavy atom. The standard InChI is InChI=1S/C29H36N2O3S2/c1-28(2,3)21-31-15-13-29(14-16-31)12-11-23-17-24(9-10-25(23)34-29)26-18-30-27(35-26)20-36(32,33)19-22-7-5-4-6-8-22/h4-10,17-18H,11-16,19-21H2,1-3H3. The van der Waals surface area contributed by atoms with Crippen LogP contribution in [-0.2, 0) is 27.8 Å². The minimum Gasteiger partial charge on any atom is -0.487 e. The topological polar surface area (TPSA) is 59.5 Å². The minimum absolute atomic E-state index is 0.0324. The molecule has 3 aromatic rings. The van der Waals surface area contributed by atoms with Gasteiger partial charge in [-0.2, -0.15) is 0 Å². The van der Waals surface area contributed by atoms with Gasteiger partial charge in [0, 0.05) is 25.8 Å². The normalized spacial score (nSPS) is 18.1. The molecule has 0 radical (unpaired) electrons. The van der Waals surface area contributed by atoms with Crippen molar-refractivity contribution in [1.82, 2.24) is 9.88 Å². The van der Waals surface area contributed by atoms with Crippen LogP contribution in [0.5, 0.6) is 5.75 Å². The number of rotatable bonds is 6. The van der Waals surface area contributed by atoms with Crippen LogP contribution < -0.4 is 4.74 Å². The Bertz CT molecular complexity index is 1300. The molecule has 0 bridgehead atoms. The first-order valence-electron chi connectivity index (χ1n) is 12.8. The molecule has 0 N–H and O–H groups in total. The zero-order valence-electron chi connectivity index (χ0n) is 21.5. The largest absolute Gasteiger partial charge is 0.487 e. The summed E-state index contributed by atoms with van der Waals surface area (Å²) >= 11 is 1.46. The average Bonchev–Trinajstić information content (AvgIpc) is 3.27. The van der Waals surface area contributed by atoms with E-state index in [9.17, 15) is 8.42 Å². The number of fused-ring (bicyclic) bond motifs is 1. The highest BCUT2D eigenvalue weighted by atomic mass is 32.2. The monoisotopic (exact) mass is 524 g/mol. The van der Waals surface area contributed by atoms with E-state index in [0.29, 0.717) is 10.4 Å². The summed E-state index contributed by atoms with van der Waals surface area (Å²) < 4.78 is 32.0. The first-order valence-corrected chi connectivity index (χ1v) is 15.5. The number of sulfone groups is 1. The molecule has 5 nitrogen and oxygen atoms in total. The molecule has 5 rings (SSSR count). The Hall–Kier alpha value is -2.22. The van der Waals surface area contributed by atoms with Gasteiger partial charge >= 0.3 is 0 Å². The SMILES string of the molecule is CC(C)(C)CN1CCC2(CCc3cc(-c4cnc(CS(=O)(=O)Cc5ccccc5)s4)ccc3O2)CC1. The Morgan fingerprint density at radius 1 is 1.03 bits per heavy atom. The van der Waals surface area contributed by atoms with Gasteiger partial charge in [-0.05, 0) is 66.0 Å². The molecule has 0 saturated carbocycles. The smallest absolute Gasteiger partial charge is 0.160 e. The quantitative estimate of drug-likeness (QED) is 0.388. The van der Waals surface area contributed by atoms with Crippen molar-refractivity contribution in [3.63, 3.8) is 0 Å². The van der Waals surface area contributed by atoms with E-state index in [4.69, 9.17) is 4.74 Å². The van der Waals surface area contributed by atoms with Crippen LogP contribution >= 0.6 is 11.3 Å². The van der Waals surface area contributed by atoms with Gasteiger partial charge in [-0.25, -0.2) is 13.4 Å². The summed E-state index contributed by atoms with van der Waals surface area (Å²) in [6, 6.07) is 15.7. The lowest BCUT2D eigenvalue weighted by Crippen LogP contribution is -2.51. The Morgan fingerprint density at radius 3 is 2.50 bits per heavy atom. The predicted octanol–water partition coefficient (Wildman–Crippen LogP) is 6.13. The summed E-state index contributed by atoms with van der Waals surface area (Å²) in [6.45, 7) is 10.2. The summed E-state index contributed by atoms with van der Waals surface area (Å²) in [5.41, 5.74) is 3.41. The number of hydrogen-bond acceptors (Lipinski definition) is 6. The molecule has 7 heteroatoms. The second-order valence-corrected chi connectivity index (χ2v) is 14.8. The lowest BCUT2D eigenvalue weighted by Gasteiger charge is -2.45. The third kappa shape index (κ3) is 6.18. The van der Waals surface area contributed by atoms with Gasteiger partial charge in [-0.15, -0.1) is 11.3 Å². The second-order valence-electron chi connectivity index (χ2n) is 11.6. The number of hydrogen-bond donors (Lipinski definition) is 0. The van der Waals surface area contributed by atoms with E-state index in [-0.39, 0.29) is 17.1 Å². The van der Waals surface area contributed by atoms with Crippen LogP contribution in [-0.4, -0.2) is 43.5 Å². The molecular weight excluding hydrogens is 488 g/mol. The van der Waals surface area contributed by atoms with Gasteiger partial charge in [0.05, 0.1) is 10.6 Å². The number of aromatic nitrogens is 1. The number of benzene rings is 2. The summed E-state index contributed by atoms with van der Waals surface area (Å²) in [4.78, 5) is 8.01. The maximum Gasteiger partial charge on any atom is 0.160 e. The number of piperidine rings is 1. The van der Waals surface area contributed by atoms with E-state index < -0.39 is 9.84 Å². The zero-order chi connectivity index (χ0) is 25.4. The molecule has 1 saturated heterocycles. The van der Waals surface area contributed by atoms with E-state index in [1.165, 1.54) is 16.9 Å². The van der Waals surface area contributed by atoms with Crippen molar-refractivity contribution in [2.75, 3.05) is 19.6 Å². The van der Waals surface area contributed by atoms with Crippen LogP contribution in [0, 0.1) is 5.41 Å². The molecule has 2 aliphatic heterocycles. The van der Waals surface area contributed by atoms with Crippen molar-refractivity contribution in [1.29, 1.82) is 0 Å². The van der Waals surface area contributed by atoms with Gasteiger partial charge in [0.2, 0.25) is 0 Å². The highest BCUT2D eigenvalue weighted by Crippen LogP contribution is 2.41. The molecule has 1 fully saturated rings. The summed E-state index contributed by atoms with van der Waals surface area (Å²) in [7, 11) is -3.28. The summed E-state index contributed by atoms with van der Waals surface area (Å²) in [5, 5.41) is 0.635. The molecule has 36 heavy (non-hydrogen) atoms. The Labute approximate surface area is 219 Å². The van der Waals surface area contributed by atoms with Crippen LogP contribution in [0.25, 0.3) is 10.4 Å². The van der Waals surface area contributed by atoms with E-state index in [0.717, 1.165) is 67.1 Å². The summed E-state index contributed by atoms with van der Waals surface area (Å²) in [6.07, 6.45) is 6.04. The highest BCUT2D eigenvalue weighted by Gasteiger charge is 2.40. The maximum absolute atomic E-state index is 12.7. The number of nitrogens with zero attached hydrogens (tertiary/aromatic N) is 2. The zero-order valence-corrected chi connectivity index (χ0v) is 23.1. The van der Waals surface area contributed by atoms with Crippen molar-refractivity contribution in [2.24, 2.45) is 5.41 Å². The van der Waals surface area contributed by atoms with Gasteiger partial charge in [0.15, 0.2) is 9.84 Å². The molecule has 3 heterocycles. The van der Waals surface area contributed by atoms with E-state index >= 15 is 0 Å². The van der Waals surface area contributed by atoms with Gasteiger partial charge in [0.1, 0.15) is 22.1 Å². The molecule has 0 atom stereocenters. The van der Waals surface area contributed by atoms with Gasteiger partial charge in [-0.1, -0.05) is 51.1 Å². The van der Waals surface area contributed by atoms with Crippen molar-refractivity contribution in [2.45, 2.75) is 63.6 Å². The molecule has 192 valence electrons. The molecule has 2 aromatic carbocycles. The number of likely N-dealkylation sites (tertiary alicyclic amines) is 1. The fraction of sp³-hybridized carbons (Fsp3) is 0.483. The van der Waals surface area contributed by atoms with E-state index in [1.54, 1.807) is 6.20 Å². The lowest BCUT2D eigenvalue weighted by atomic mass is 9.82. The molecule has 0 amide bonds. The van der Waals surface area contributed by atoms with Gasteiger partial charge in [-0.3, -0.25) is 0 Å². The third-order valence-corrected chi connectivity index (χ3v) is 9.83. The number of ether oxygens (including phenoxy) is 1. The third-order valence-electron chi connectivity index (χ3n) is 7.11. The van der Waals surface area contributed by atoms with Crippen LogP contribution in [0.15, 0.2) is 54.7 Å². The average molecular weight is 525 g/mol. The number of thiazole rings is 1. The molecule has 0 unspecified atom stereocenters. The fourth-order valence-corrected chi connectivity index (χ4v) is 8.13. The Kier molecular flexibility index (Phi) is 7.01. The summed E-state index contributed by atoms with van der Waals surface area (Å²) in [5.74, 6) is 1.01. The molecular formula is C29H36N2O3S2.